The van der Waals surface area contributed by atoms with E-state index in [0.717, 1.165) is 6.42 Å². The van der Waals surface area contributed by atoms with Crippen LogP contribution in [0.5, 0.6) is 0 Å². The molecule has 1 aliphatic rings. The molecule has 17 heavy (non-hydrogen) atoms. The third-order valence-corrected chi connectivity index (χ3v) is 6.12. The van der Waals surface area contributed by atoms with E-state index >= 15 is 0 Å². The van der Waals surface area contributed by atoms with Gasteiger partial charge in [-0.15, -0.1) is 0 Å². The summed E-state index contributed by atoms with van der Waals surface area (Å²) in [7, 11) is -1.43. The molecule has 8 heteroatoms. The van der Waals surface area contributed by atoms with Gasteiger partial charge in [0.2, 0.25) is 0 Å². The third kappa shape index (κ3) is 6.55. The monoisotopic (exact) mass is 302 g/mol. The SMILES string of the molecule is CC(C)OP(=S)(OC(C)C)OP1OCCCO1. The average Bonchev–Trinajstić information content (AvgIpc) is 2.15. The van der Waals surface area contributed by atoms with E-state index in [9.17, 15) is 0 Å². The first kappa shape index (κ1) is 15.9. The first-order valence-electron chi connectivity index (χ1n) is 5.64. The van der Waals surface area contributed by atoms with Crippen molar-refractivity contribution in [3.63, 3.8) is 0 Å². The van der Waals surface area contributed by atoms with Crippen molar-refractivity contribution in [2.75, 3.05) is 13.2 Å². The molecule has 0 unspecified atom stereocenters. The molecule has 0 aliphatic carbocycles. The van der Waals surface area contributed by atoms with Gasteiger partial charge in [-0.25, -0.2) is 4.31 Å². The van der Waals surface area contributed by atoms with Crippen molar-refractivity contribution in [1.29, 1.82) is 0 Å². The molecule has 1 heterocycles. The summed E-state index contributed by atoms with van der Waals surface area (Å²) in [6.07, 6.45) is 0.764. The highest BCUT2D eigenvalue weighted by Gasteiger charge is 2.31. The fourth-order valence-electron chi connectivity index (χ4n) is 1.08. The van der Waals surface area contributed by atoms with Crippen molar-refractivity contribution >= 4 is 27.1 Å². The molecule has 5 nitrogen and oxygen atoms in total. The summed E-state index contributed by atoms with van der Waals surface area (Å²) in [5.41, 5.74) is 0. The van der Waals surface area contributed by atoms with Gasteiger partial charge in [0.05, 0.1) is 25.4 Å². The van der Waals surface area contributed by atoms with Gasteiger partial charge in [-0.3, -0.25) is 0 Å². The molecule has 1 saturated heterocycles. The van der Waals surface area contributed by atoms with Gasteiger partial charge >= 0.3 is 15.3 Å². The first-order valence-corrected chi connectivity index (χ1v) is 9.29. The standard InChI is InChI=1S/C9H20O5P2S/c1-8(2)12-16(17,13-9(3)4)14-15-10-6-5-7-11-15/h8-9H,5-7H2,1-4H3. The molecule has 1 fully saturated rings. The van der Waals surface area contributed by atoms with Gasteiger partial charge in [0.25, 0.3) is 0 Å². The zero-order valence-electron chi connectivity index (χ0n) is 10.6. The molecule has 0 N–H and O–H groups in total. The lowest BCUT2D eigenvalue weighted by molar-refractivity contribution is 0.109. The Labute approximate surface area is 109 Å². The van der Waals surface area contributed by atoms with E-state index in [1.807, 2.05) is 27.7 Å². The molecule has 0 aromatic rings. The predicted octanol–water partition coefficient (Wildman–Crippen LogP) is 3.74. The molecule has 0 radical (unpaired) electrons. The maximum Gasteiger partial charge on any atom is 0.340 e. The van der Waals surface area contributed by atoms with Crippen molar-refractivity contribution < 1.29 is 22.4 Å². The normalized spacial score (nSPS) is 19.2. The van der Waals surface area contributed by atoms with Crippen LogP contribution in [0.4, 0.5) is 0 Å². The number of rotatable bonds is 6. The van der Waals surface area contributed by atoms with Crippen LogP contribution in [0.3, 0.4) is 0 Å². The van der Waals surface area contributed by atoms with E-state index in [2.05, 4.69) is 0 Å². The summed E-state index contributed by atoms with van der Waals surface area (Å²) >= 11 is 5.34. The van der Waals surface area contributed by atoms with Crippen LogP contribution in [0.1, 0.15) is 34.1 Å². The Hall–Kier alpha value is 0.880. The summed E-state index contributed by atoms with van der Waals surface area (Å²) in [6, 6.07) is 0. The molecule has 0 bridgehead atoms. The van der Waals surface area contributed by atoms with E-state index < -0.39 is 15.3 Å². The van der Waals surface area contributed by atoms with Gasteiger partial charge < -0.3 is 18.1 Å². The smallest absolute Gasteiger partial charge is 0.312 e. The van der Waals surface area contributed by atoms with Crippen LogP contribution in [0.15, 0.2) is 0 Å². The fraction of sp³-hybridized carbons (Fsp3) is 1.00. The van der Waals surface area contributed by atoms with Crippen molar-refractivity contribution in [3.05, 3.63) is 0 Å². The quantitative estimate of drug-likeness (QED) is 0.696. The lowest BCUT2D eigenvalue weighted by Gasteiger charge is -2.29. The van der Waals surface area contributed by atoms with Gasteiger partial charge in [-0.2, -0.15) is 0 Å². The molecular formula is C9H20O5P2S. The van der Waals surface area contributed by atoms with E-state index in [1.165, 1.54) is 0 Å². The Kier molecular flexibility index (Phi) is 7.00. The minimum atomic E-state index is -2.79. The van der Waals surface area contributed by atoms with Crippen molar-refractivity contribution in [2.45, 2.75) is 46.3 Å². The average molecular weight is 302 g/mol. The Bertz CT molecular complexity index is 254. The second-order valence-electron chi connectivity index (χ2n) is 4.08. The first-order chi connectivity index (χ1) is 7.91. The molecule has 1 rings (SSSR count). The van der Waals surface area contributed by atoms with Crippen molar-refractivity contribution in [2.24, 2.45) is 0 Å². The molecule has 0 aromatic heterocycles. The minimum absolute atomic E-state index is 0.0561. The van der Waals surface area contributed by atoms with Crippen molar-refractivity contribution in [1.82, 2.24) is 0 Å². The highest BCUT2D eigenvalue weighted by atomic mass is 32.5. The number of hydrogen-bond donors (Lipinski definition) is 0. The van der Waals surface area contributed by atoms with Gasteiger partial charge in [-0.05, 0) is 45.9 Å². The van der Waals surface area contributed by atoms with Gasteiger partial charge in [-0.1, -0.05) is 0 Å². The summed E-state index contributed by atoms with van der Waals surface area (Å²) in [6.45, 7) is 6.04. The van der Waals surface area contributed by atoms with E-state index in [4.69, 9.17) is 34.2 Å². The van der Waals surface area contributed by atoms with Crippen LogP contribution < -0.4 is 0 Å². The van der Waals surface area contributed by atoms with Crippen LogP contribution in [0.25, 0.3) is 0 Å². The second kappa shape index (κ2) is 7.46. The number of hydrogen-bond acceptors (Lipinski definition) is 6. The summed E-state index contributed by atoms with van der Waals surface area (Å²) < 4.78 is 27.5. The highest BCUT2D eigenvalue weighted by molar-refractivity contribution is 8.08. The topological polar surface area (TPSA) is 46.2 Å². The van der Waals surface area contributed by atoms with Gasteiger partial charge in [0.15, 0.2) is 0 Å². The highest BCUT2D eigenvalue weighted by Crippen LogP contribution is 2.63. The van der Waals surface area contributed by atoms with Gasteiger partial charge in [0.1, 0.15) is 0 Å². The summed E-state index contributed by atoms with van der Waals surface area (Å²) in [5.74, 6) is 0. The maximum atomic E-state index is 5.60. The predicted molar refractivity (Wildman–Crippen MR) is 71.3 cm³/mol. The summed E-state index contributed by atoms with van der Waals surface area (Å²) in [5, 5.41) is 0. The van der Waals surface area contributed by atoms with Crippen molar-refractivity contribution in [3.8, 4) is 0 Å². The van der Waals surface area contributed by atoms with E-state index in [1.54, 1.807) is 0 Å². The molecule has 102 valence electrons. The van der Waals surface area contributed by atoms with Crippen LogP contribution in [-0.4, -0.2) is 25.4 Å². The Morgan fingerprint density at radius 1 is 1.06 bits per heavy atom. The summed E-state index contributed by atoms with van der Waals surface area (Å²) in [4.78, 5) is 0. The minimum Gasteiger partial charge on any atom is -0.312 e. The van der Waals surface area contributed by atoms with Crippen LogP contribution >= 0.6 is 15.3 Å². The molecular weight excluding hydrogens is 282 g/mol. The van der Waals surface area contributed by atoms with E-state index in [-0.39, 0.29) is 12.2 Å². The van der Waals surface area contributed by atoms with Crippen LogP contribution in [0.2, 0.25) is 0 Å². The zero-order chi connectivity index (χ0) is 12.9. The second-order valence-corrected chi connectivity index (χ2v) is 8.36. The molecule has 0 atom stereocenters. The van der Waals surface area contributed by atoms with Gasteiger partial charge in [0, 0.05) is 0 Å². The zero-order valence-corrected chi connectivity index (χ0v) is 13.2. The molecule has 0 aromatic carbocycles. The Morgan fingerprint density at radius 2 is 1.53 bits per heavy atom. The molecule has 0 spiro atoms. The largest absolute Gasteiger partial charge is 0.340 e. The van der Waals surface area contributed by atoms with Crippen LogP contribution in [-0.2, 0) is 34.2 Å². The lowest BCUT2D eigenvalue weighted by Crippen LogP contribution is -2.11. The maximum absolute atomic E-state index is 5.60. The fourth-order valence-corrected chi connectivity index (χ4v) is 5.66. The Morgan fingerprint density at radius 3 is 1.94 bits per heavy atom. The third-order valence-electron chi connectivity index (χ3n) is 1.53. The molecule has 0 amide bonds. The molecule has 1 aliphatic heterocycles. The van der Waals surface area contributed by atoms with Crippen LogP contribution in [0, 0.1) is 0 Å². The van der Waals surface area contributed by atoms with E-state index in [0.29, 0.717) is 13.2 Å². The Balaban J connectivity index is 2.58. The molecule has 0 saturated carbocycles. The lowest BCUT2D eigenvalue weighted by atomic mass is 10.5.